The van der Waals surface area contributed by atoms with E-state index >= 15 is 0 Å². The van der Waals surface area contributed by atoms with E-state index in [1.54, 1.807) is 6.07 Å². The lowest BCUT2D eigenvalue weighted by molar-refractivity contribution is 0.0836. The van der Waals surface area contributed by atoms with Gasteiger partial charge in [-0.1, -0.05) is 65.8 Å². The van der Waals surface area contributed by atoms with Gasteiger partial charge in [-0.05, 0) is 117 Å². The maximum atomic E-state index is 12.6. The Labute approximate surface area is 286 Å². The van der Waals surface area contributed by atoms with Crippen molar-refractivity contribution in [1.82, 2.24) is 15.3 Å². The Balaban J connectivity index is 1.50. The van der Waals surface area contributed by atoms with Crippen molar-refractivity contribution in [3.63, 3.8) is 0 Å². The number of thiocarbonyl (C=S) groups is 1. The zero-order chi connectivity index (χ0) is 33.0. The number of likely N-dealkylation sites (tertiary alicyclic amines) is 1. The molecule has 1 amide bonds. The van der Waals surface area contributed by atoms with Crippen LogP contribution in [-0.2, 0) is 6.42 Å². The standard InChI is InChI=1S/C36H40Cl2FN3O3S/c1-36(2,3)42(35(43)44)40-34(46)25-10-14-29-24(20-25)6-4-7-31(30-15-11-26(37)21-32(30)38)33(29)23-8-12-27(13-9-23)45-28-16-19-41(22-28)18-5-17-39/h8-15,20-21,28H,4-7,16-19,22H2,1-3H3,(H,40,46)(H,43,44). The van der Waals surface area contributed by atoms with E-state index in [0.717, 1.165) is 95.0 Å². The highest BCUT2D eigenvalue weighted by Gasteiger charge is 2.28. The summed E-state index contributed by atoms with van der Waals surface area (Å²) >= 11 is 18.8. The van der Waals surface area contributed by atoms with Crippen LogP contribution >= 0.6 is 35.4 Å². The van der Waals surface area contributed by atoms with Gasteiger partial charge in [0.2, 0.25) is 0 Å². The molecule has 0 bridgehead atoms. The van der Waals surface area contributed by atoms with E-state index in [-0.39, 0.29) is 12.8 Å². The van der Waals surface area contributed by atoms with Gasteiger partial charge in [0.05, 0.1) is 12.2 Å². The van der Waals surface area contributed by atoms with Gasteiger partial charge in [-0.3, -0.25) is 14.7 Å². The van der Waals surface area contributed by atoms with Crippen LogP contribution in [0.5, 0.6) is 5.75 Å². The van der Waals surface area contributed by atoms with E-state index < -0.39 is 11.6 Å². The number of ether oxygens (including phenoxy) is 1. The van der Waals surface area contributed by atoms with Crippen LogP contribution in [0.15, 0.2) is 60.7 Å². The summed E-state index contributed by atoms with van der Waals surface area (Å²) in [7, 11) is 0. The Kier molecular flexibility index (Phi) is 10.9. The molecule has 0 radical (unpaired) electrons. The molecule has 0 spiro atoms. The summed E-state index contributed by atoms with van der Waals surface area (Å²) in [6.07, 6.45) is 2.96. The molecule has 0 saturated carbocycles. The molecule has 6 nitrogen and oxygen atoms in total. The van der Waals surface area contributed by atoms with Crippen LogP contribution in [0.4, 0.5) is 9.18 Å². The maximum Gasteiger partial charge on any atom is 0.426 e. The van der Waals surface area contributed by atoms with Crippen LogP contribution in [0.1, 0.15) is 74.3 Å². The number of fused-ring (bicyclic) bond motifs is 1. The third-order valence-corrected chi connectivity index (χ3v) is 9.30. The lowest BCUT2D eigenvalue weighted by Gasteiger charge is -2.33. The van der Waals surface area contributed by atoms with Gasteiger partial charge >= 0.3 is 6.09 Å². The number of amides is 1. The SMILES string of the molecule is CC(C)(C)N(NC(=S)c1ccc2c(c1)CCCC(c1ccc(Cl)cc1Cl)=C2c1ccc(OC2CCN(CCCF)C2)cc1)C(=O)O. The molecule has 1 aliphatic carbocycles. The van der Waals surface area contributed by atoms with Gasteiger partial charge in [-0.15, -0.1) is 0 Å². The minimum Gasteiger partial charge on any atom is -0.489 e. The van der Waals surface area contributed by atoms with E-state index in [4.69, 9.17) is 40.2 Å². The normalized spacial score (nSPS) is 17.0. The first-order chi connectivity index (χ1) is 21.9. The molecule has 244 valence electrons. The Morgan fingerprint density at radius 1 is 1.09 bits per heavy atom. The van der Waals surface area contributed by atoms with E-state index in [2.05, 4.69) is 34.6 Å². The van der Waals surface area contributed by atoms with Crippen molar-refractivity contribution in [3.05, 3.63) is 98.5 Å². The molecule has 46 heavy (non-hydrogen) atoms. The first kappa shape index (κ1) is 34.2. The third-order valence-electron chi connectivity index (χ3n) is 8.43. The van der Waals surface area contributed by atoms with Crippen LogP contribution in [0.25, 0.3) is 11.1 Å². The van der Waals surface area contributed by atoms with Crippen molar-refractivity contribution < 1.29 is 19.0 Å². The number of nitrogens with zero attached hydrogens (tertiary/aromatic N) is 2. The highest BCUT2D eigenvalue weighted by atomic mass is 35.5. The van der Waals surface area contributed by atoms with Crippen LogP contribution in [0.3, 0.4) is 0 Å². The monoisotopic (exact) mass is 683 g/mol. The van der Waals surface area contributed by atoms with Gasteiger partial charge in [-0.25, -0.2) is 9.80 Å². The molecule has 2 N–H and O–H groups in total. The van der Waals surface area contributed by atoms with Crippen LogP contribution in [0.2, 0.25) is 10.0 Å². The van der Waals surface area contributed by atoms with Gasteiger partial charge in [-0.2, -0.15) is 0 Å². The molecule has 1 heterocycles. The number of halogens is 3. The largest absolute Gasteiger partial charge is 0.489 e. The fraction of sp³-hybridized carbons (Fsp3) is 0.389. The number of allylic oxidation sites excluding steroid dienone is 1. The second-order valence-corrected chi connectivity index (χ2v) is 14.1. The molecule has 1 unspecified atom stereocenters. The van der Waals surface area contributed by atoms with Crippen molar-refractivity contribution in [2.75, 3.05) is 26.3 Å². The Bertz CT molecular complexity index is 1620. The molecule has 1 atom stereocenters. The van der Waals surface area contributed by atoms with Gasteiger partial charge in [0.25, 0.3) is 0 Å². The minimum atomic E-state index is -1.10. The lowest BCUT2D eigenvalue weighted by Crippen LogP contribution is -2.55. The molecule has 3 aromatic rings. The summed E-state index contributed by atoms with van der Waals surface area (Å²) in [6.45, 7) is 7.61. The molecule has 2 aliphatic rings. The highest BCUT2D eigenvalue weighted by molar-refractivity contribution is 7.80. The van der Waals surface area contributed by atoms with E-state index in [1.807, 2.05) is 51.1 Å². The number of hydrazine groups is 1. The average molecular weight is 685 g/mol. The number of aryl methyl sites for hydroxylation is 1. The van der Waals surface area contributed by atoms with Crippen LogP contribution < -0.4 is 10.2 Å². The molecule has 10 heteroatoms. The van der Waals surface area contributed by atoms with Gasteiger partial charge < -0.3 is 9.84 Å². The second kappa shape index (κ2) is 14.7. The number of rotatable bonds is 8. The van der Waals surface area contributed by atoms with Crippen molar-refractivity contribution >= 4 is 57.6 Å². The Morgan fingerprint density at radius 2 is 1.83 bits per heavy atom. The topological polar surface area (TPSA) is 65.0 Å². The second-order valence-electron chi connectivity index (χ2n) is 12.8. The van der Waals surface area contributed by atoms with Gasteiger partial charge in [0.1, 0.15) is 16.8 Å². The molecule has 1 fully saturated rings. The Hall–Kier alpha value is -3.17. The number of alkyl halides is 1. The number of carbonyl (C=O) groups is 1. The van der Waals surface area contributed by atoms with Crippen molar-refractivity contribution in [3.8, 4) is 5.75 Å². The van der Waals surface area contributed by atoms with E-state index in [0.29, 0.717) is 21.5 Å². The predicted molar refractivity (Wildman–Crippen MR) is 189 cm³/mol. The lowest BCUT2D eigenvalue weighted by atomic mass is 9.87. The quantitative estimate of drug-likeness (QED) is 0.182. The summed E-state index contributed by atoms with van der Waals surface area (Å²) in [5.74, 6) is 0.801. The van der Waals surface area contributed by atoms with Crippen LogP contribution in [0, 0.1) is 0 Å². The fourth-order valence-corrected chi connectivity index (χ4v) is 6.94. The predicted octanol–water partition coefficient (Wildman–Crippen LogP) is 9.06. The van der Waals surface area contributed by atoms with Crippen molar-refractivity contribution in [2.45, 2.75) is 64.5 Å². The molecular weight excluding hydrogens is 644 g/mol. The zero-order valence-electron chi connectivity index (χ0n) is 26.4. The number of carboxylic acid groups (broad SMARTS) is 1. The molecule has 1 saturated heterocycles. The van der Waals surface area contributed by atoms with Gasteiger partial charge in [0, 0.05) is 35.2 Å². The molecule has 3 aromatic carbocycles. The smallest absolute Gasteiger partial charge is 0.426 e. The molecule has 5 rings (SSSR count). The average Bonchev–Trinajstić information content (AvgIpc) is 3.36. The highest BCUT2D eigenvalue weighted by Crippen LogP contribution is 2.43. The minimum absolute atomic E-state index is 0.0814. The van der Waals surface area contributed by atoms with E-state index in [9.17, 15) is 14.3 Å². The van der Waals surface area contributed by atoms with Crippen LogP contribution in [-0.4, -0.2) is 64.0 Å². The Morgan fingerprint density at radius 3 is 2.50 bits per heavy atom. The molecular formula is C36H40Cl2FN3O3S. The summed E-state index contributed by atoms with van der Waals surface area (Å²) in [4.78, 5) is 14.5. The number of hydrogen-bond donors (Lipinski definition) is 2. The molecule has 0 aromatic heterocycles. The number of nitrogens with one attached hydrogen (secondary N) is 1. The fourth-order valence-electron chi connectivity index (χ4n) is 6.20. The van der Waals surface area contributed by atoms with Crippen molar-refractivity contribution in [2.24, 2.45) is 0 Å². The summed E-state index contributed by atoms with van der Waals surface area (Å²) in [5, 5.41) is 12.1. The van der Waals surface area contributed by atoms with E-state index in [1.165, 1.54) is 0 Å². The molecule has 1 aliphatic heterocycles. The van der Waals surface area contributed by atoms with Gasteiger partial charge in [0.15, 0.2) is 0 Å². The number of benzene rings is 3. The number of hydrogen-bond acceptors (Lipinski definition) is 4. The summed E-state index contributed by atoms with van der Waals surface area (Å²) < 4.78 is 19.0. The summed E-state index contributed by atoms with van der Waals surface area (Å²) in [5.41, 5.74) is 9.36. The third kappa shape index (κ3) is 8.03. The zero-order valence-corrected chi connectivity index (χ0v) is 28.7. The first-order valence-corrected chi connectivity index (χ1v) is 16.8. The van der Waals surface area contributed by atoms with Crippen molar-refractivity contribution in [1.29, 1.82) is 0 Å². The maximum absolute atomic E-state index is 12.6. The summed E-state index contributed by atoms with van der Waals surface area (Å²) in [6, 6.07) is 19.9. The first-order valence-electron chi connectivity index (χ1n) is 15.7.